The normalized spacial score (nSPS) is 15.9. The molecule has 2 heterocycles. The molecule has 7 N–H and O–H groups in total. The monoisotopic (exact) mass is 793 g/mol. The number of Topliss-reactive ketones (excluding diaryl/α,β-unsaturated/α-hetero) is 1. The zero-order valence-electron chi connectivity index (χ0n) is 32.8. The first kappa shape index (κ1) is 44.9. The van der Waals surface area contributed by atoms with Crippen molar-refractivity contribution in [1.29, 1.82) is 0 Å². The van der Waals surface area contributed by atoms with E-state index in [0.717, 1.165) is 0 Å². The summed E-state index contributed by atoms with van der Waals surface area (Å²) in [5.41, 5.74) is -0.404. The van der Waals surface area contributed by atoms with E-state index in [9.17, 15) is 43.2 Å². The van der Waals surface area contributed by atoms with Crippen LogP contribution in [-0.2, 0) is 33.6 Å². The Bertz CT molecular complexity index is 1790. The lowest BCUT2D eigenvalue weighted by Crippen LogP contribution is -2.59. The molecule has 4 atom stereocenters. The molecule has 0 saturated carbocycles. The number of nitrogens with one attached hydrogen (secondary N) is 7. The summed E-state index contributed by atoms with van der Waals surface area (Å²) in [5.74, 6) is -7.14. The van der Waals surface area contributed by atoms with Crippen LogP contribution in [0.15, 0.2) is 48.9 Å². The molecule has 1 aromatic heterocycles. The van der Waals surface area contributed by atoms with E-state index in [2.05, 4.69) is 47.2 Å². The maximum absolute atomic E-state index is 13.9. The van der Waals surface area contributed by atoms with E-state index in [1.807, 2.05) is 0 Å². The minimum absolute atomic E-state index is 0.0115. The Labute approximate surface area is 330 Å². The van der Waals surface area contributed by atoms with Crippen molar-refractivity contribution in [3.63, 3.8) is 0 Å². The van der Waals surface area contributed by atoms with Crippen molar-refractivity contribution < 1.29 is 43.2 Å². The molecule has 2 aromatic rings. The van der Waals surface area contributed by atoms with Crippen molar-refractivity contribution in [2.24, 2.45) is 11.3 Å². The molecule has 3 rings (SSSR count). The number of urea groups is 1. The second kappa shape index (κ2) is 21.0. The minimum atomic E-state index is -1.32. The number of ketones is 1. The second-order valence-corrected chi connectivity index (χ2v) is 14.5. The Morgan fingerprint density at radius 3 is 2.16 bits per heavy atom. The number of likely N-dealkylation sites (tertiary alicyclic amines) is 1. The number of anilines is 1. The predicted molar refractivity (Wildman–Crippen MR) is 205 cm³/mol. The van der Waals surface area contributed by atoms with Gasteiger partial charge in [-0.2, -0.15) is 0 Å². The fraction of sp³-hybridized carbons (Fsp3) is 0.486. The number of rotatable bonds is 17. The van der Waals surface area contributed by atoms with Crippen LogP contribution in [0.4, 0.5) is 10.5 Å². The number of carbonyl (C=O) groups is 9. The lowest BCUT2D eigenvalue weighted by Gasteiger charge is -2.32. The van der Waals surface area contributed by atoms with Crippen LogP contribution >= 0.6 is 0 Å². The highest BCUT2D eigenvalue weighted by atomic mass is 16.2. The number of para-hydroxylation sites is 1. The highest BCUT2D eigenvalue weighted by Crippen LogP contribution is 2.23. The van der Waals surface area contributed by atoms with Gasteiger partial charge in [0.1, 0.15) is 11.7 Å². The summed E-state index contributed by atoms with van der Waals surface area (Å²) in [6.07, 6.45) is 4.36. The zero-order chi connectivity index (χ0) is 42.3. The number of amides is 9. The minimum Gasteiger partial charge on any atom is -0.349 e. The molecule has 20 heteroatoms. The third-order valence-corrected chi connectivity index (χ3v) is 8.71. The van der Waals surface area contributed by atoms with Gasteiger partial charge in [-0.15, -0.1) is 0 Å². The van der Waals surface area contributed by atoms with E-state index in [4.69, 9.17) is 0 Å². The first-order valence-corrected chi connectivity index (χ1v) is 18.2. The van der Waals surface area contributed by atoms with Crippen LogP contribution in [0, 0.1) is 11.3 Å². The molecule has 0 spiro atoms. The van der Waals surface area contributed by atoms with E-state index in [1.54, 1.807) is 58.0 Å². The Kier molecular flexibility index (Phi) is 16.6. The summed E-state index contributed by atoms with van der Waals surface area (Å²) in [4.78, 5) is 127. The Hall–Kier alpha value is -6.47. The highest BCUT2D eigenvalue weighted by Gasteiger charge is 2.44. The topological polar surface area (TPSA) is 270 Å². The number of benzene rings is 1. The molecule has 308 valence electrons. The van der Waals surface area contributed by atoms with Crippen molar-refractivity contribution in [1.82, 2.24) is 51.7 Å². The molecule has 20 nitrogen and oxygen atoms in total. The van der Waals surface area contributed by atoms with Gasteiger partial charge < -0.3 is 47.0 Å². The summed E-state index contributed by atoms with van der Waals surface area (Å²) in [5, 5.41) is 17.7. The maximum Gasteiger partial charge on any atom is 0.321 e. The van der Waals surface area contributed by atoms with Gasteiger partial charge in [0.25, 0.3) is 11.8 Å². The fourth-order valence-corrected chi connectivity index (χ4v) is 5.56. The summed E-state index contributed by atoms with van der Waals surface area (Å²) in [6, 6.07) is 4.48. The van der Waals surface area contributed by atoms with Gasteiger partial charge in [-0.3, -0.25) is 43.3 Å². The van der Waals surface area contributed by atoms with Gasteiger partial charge >= 0.3 is 6.03 Å². The van der Waals surface area contributed by atoms with Crippen molar-refractivity contribution in [2.75, 3.05) is 52.1 Å². The van der Waals surface area contributed by atoms with Crippen LogP contribution in [0.3, 0.4) is 0 Å². The van der Waals surface area contributed by atoms with Crippen LogP contribution in [0.25, 0.3) is 0 Å². The first-order chi connectivity index (χ1) is 26.9. The number of hydrogen-bond donors (Lipinski definition) is 7. The standard InChI is InChI=1S/C37H51N11O9/c1-7-11-24(30(52)34(55)42-17-27(49)40-19-29(51)47(5)6)44-32(53)23-20-48(36(57)43-22-12-9-8-10-13-22)21-26(23)45-35(56)31(37(2,3)4)46-28(50)18-41-33(54)25-16-38-14-15-39-25/h8-10,12-16,23-24,26,31H,7,11,17-21H2,1-6H3,(H,40,49)(H,41,54)(H,42,55)(H,43,57)(H,44,53)(H,45,56)(H,46,50)/t23-,24+,26+,31-/m1/s1. The van der Waals surface area contributed by atoms with Gasteiger partial charge in [0.15, 0.2) is 0 Å². The van der Waals surface area contributed by atoms with Gasteiger partial charge in [0.05, 0.1) is 43.8 Å². The van der Waals surface area contributed by atoms with Crippen molar-refractivity contribution in [3.05, 3.63) is 54.6 Å². The molecule has 0 bridgehead atoms. The third kappa shape index (κ3) is 14.0. The van der Waals surface area contributed by atoms with Crippen molar-refractivity contribution in [2.45, 2.75) is 58.7 Å². The molecule has 9 amide bonds. The highest BCUT2D eigenvalue weighted by molar-refractivity contribution is 6.38. The maximum atomic E-state index is 13.9. The van der Waals surface area contributed by atoms with Crippen molar-refractivity contribution in [3.8, 4) is 0 Å². The molecule has 0 radical (unpaired) electrons. The van der Waals surface area contributed by atoms with E-state index in [-0.39, 0.29) is 37.7 Å². The molecular weight excluding hydrogens is 742 g/mol. The molecular formula is C37H51N11O9. The number of nitrogens with zero attached hydrogens (tertiary/aromatic N) is 4. The van der Waals surface area contributed by atoms with E-state index in [0.29, 0.717) is 12.1 Å². The van der Waals surface area contributed by atoms with Gasteiger partial charge in [-0.1, -0.05) is 52.3 Å². The van der Waals surface area contributed by atoms with Crippen LogP contribution in [0.1, 0.15) is 51.0 Å². The summed E-state index contributed by atoms with van der Waals surface area (Å²) >= 11 is 0. The Morgan fingerprint density at radius 1 is 0.860 bits per heavy atom. The molecule has 1 saturated heterocycles. The van der Waals surface area contributed by atoms with Gasteiger partial charge in [0.2, 0.25) is 35.3 Å². The van der Waals surface area contributed by atoms with E-state index in [1.165, 1.54) is 42.5 Å². The largest absolute Gasteiger partial charge is 0.349 e. The van der Waals surface area contributed by atoms with Crippen LogP contribution < -0.4 is 37.2 Å². The second-order valence-electron chi connectivity index (χ2n) is 14.5. The summed E-state index contributed by atoms with van der Waals surface area (Å²) in [6.45, 7) is 5.11. The third-order valence-electron chi connectivity index (χ3n) is 8.71. The average molecular weight is 794 g/mol. The van der Waals surface area contributed by atoms with Gasteiger partial charge in [0, 0.05) is 45.3 Å². The smallest absolute Gasteiger partial charge is 0.321 e. The summed E-state index contributed by atoms with van der Waals surface area (Å²) in [7, 11) is 3.02. The Balaban J connectivity index is 1.75. The van der Waals surface area contributed by atoms with Crippen LogP contribution in [0.5, 0.6) is 0 Å². The van der Waals surface area contributed by atoms with E-state index >= 15 is 0 Å². The molecule has 1 aliphatic heterocycles. The van der Waals surface area contributed by atoms with E-state index < -0.39 is 89.8 Å². The quantitative estimate of drug-likeness (QED) is 0.0912. The Morgan fingerprint density at radius 2 is 1.54 bits per heavy atom. The lowest BCUT2D eigenvalue weighted by molar-refractivity contribution is -0.141. The van der Waals surface area contributed by atoms with Gasteiger partial charge in [-0.25, -0.2) is 9.78 Å². The SMILES string of the molecule is CCC[C@H](NC(=O)[C@@H]1CN(C(=O)Nc2ccccc2)C[C@@H]1NC(=O)[C@@H](NC(=O)CNC(=O)c1cnccn1)C(C)(C)C)C(=O)C(=O)NCC(=O)NCC(=O)N(C)C. The van der Waals surface area contributed by atoms with Crippen LogP contribution in [0.2, 0.25) is 0 Å². The number of hydrogen-bond acceptors (Lipinski definition) is 11. The number of aromatic nitrogens is 2. The van der Waals surface area contributed by atoms with Crippen molar-refractivity contribution >= 4 is 58.9 Å². The predicted octanol–water partition coefficient (Wildman–Crippen LogP) is -1.44. The molecule has 0 unspecified atom stereocenters. The van der Waals surface area contributed by atoms with Crippen LogP contribution in [-0.4, -0.2) is 138 Å². The van der Waals surface area contributed by atoms with Gasteiger partial charge in [-0.05, 0) is 24.0 Å². The molecule has 1 aromatic carbocycles. The number of likely N-dealkylation sites (N-methyl/N-ethyl adjacent to an activating group) is 1. The fourth-order valence-electron chi connectivity index (χ4n) is 5.56. The molecule has 0 aliphatic carbocycles. The lowest BCUT2D eigenvalue weighted by atomic mass is 9.85. The molecule has 1 aliphatic rings. The molecule has 57 heavy (non-hydrogen) atoms. The zero-order valence-corrected chi connectivity index (χ0v) is 32.8. The molecule has 1 fully saturated rings. The number of carbonyl (C=O) groups excluding carboxylic acids is 9. The average Bonchev–Trinajstić information content (AvgIpc) is 3.60. The summed E-state index contributed by atoms with van der Waals surface area (Å²) < 4.78 is 0. The first-order valence-electron chi connectivity index (χ1n) is 18.2.